The molecule has 0 spiro atoms. The zero-order chi connectivity index (χ0) is 16.4. The summed E-state index contributed by atoms with van der Waals surface area (Å²) in [5.74, 6) is -1.15. The van der Waals surface area contributed by atoms with Crippen LogP contribution in [0.2, 0.25) is 0 Å². The third kappa shape index (κ3) is 3.61. The van der Waals surface area contributed by atoms with Crippen LogP contribution in [0.1, 0.15) is 24.5 Å². The molecule has 2 amide bonds. The molecule has 2 saturated heterocycles. The molecule has 0 radical (unpaired) electrons. The maximum atomic E-state index is 13.7. The molecule has 1 aromatic rings. The highest BCUT2D eigenvalue weighted by atomic mass is 19.1. The minimum Gasteiger partial charge on any atom is -0.387 e. The van der Waals surface area contributed by atoms with Crippen LogP contribution in [0.5, 0.6) is 0 Å². The Morgan fingerprint density at radius 2 is 2.00 bits per heavy atom. The van der Waals surface area contributed by atoms with Crippen molar-refractivity contribution in [1.29, 1.82) is 0 Å². The lowest BCUT2D eigenvalue weighted by Crippen LogP contribution is -2.46. The van der Waals surface area contributed by atoms with E-state index >= 15 is 0 Å². The fourth-order valence-corrected chi connectivity index (χ4v) is 3.36. The monoisotopic (exact) mass is 325 g/mol. The Morgan fingerprint density at radius 1 is 1.26 bits per heavy atom. The summed E-state index contributed by atoms with van der Waals surface area (Å²) in [7, 11) is 0. The third-order valence-corrected chi connectivity index (χ3v) is 4.64. The van der Waals surface area contributed by atoms with Gasteiger partial charge in [0.2, 0.25) is 0 Å². The molecule has 2 fully saturated rings. The van der Waals surface area contributed by atoms with E-state index in [1.165, 1.54) is 0 Å². The van der Waals surface area contributed by atoms with Crippen molar-refractivity contribution in [3.63, 3.8) is 0 Å². The van der Waals surface area contributed by atoms with Crippen molar-refractivity contribution < 1.29 is 18.7 Å². The second-order valence-corrected chi connectivity index (χ2v) is 6.14. The van der Waals surface area contributed by atoms with Crippen LogP contribution in [-0.2, 0) is 0 Å². The Morgan fingerprint density at radius 3 is 2.65 bits per heavy atom. The molecule has 1 unspecified atom stereocenters. The number of aliphatic hydroxyl groups excluding tert-OH is 1. The number of nitrogens with zero attached hydrogens (tertiary/aromatic N) is 2. The molecule has 23 heavy (non-hydrogen) atoms. The van der Waals surface area contributed by atoms with Gasteiger partial charge in [0.15, 0.2) is 0 Å². The molecule has 2 heterocycles. The topological polar surface area (TPSA) is 55.8 Å². The van der Waals surface area contributed by atoms with Crippen LogP contribution in [0, 0.1) is 11.6 Å². The van der Waals surface area contributed by atoms with Gasteiger partial charge >= 0.3 is 6.03 Å². The van der Waals surface area contributed by atoms with Gasteiger partial charge in [0.25, 0.3) is 0 Å². The van der Waals surface area contributed by atoms with Gasteiger partial charge in [0, 0.05) is 44.3 Å². The number of β-amino-alcohol motifs (C(OH)–C–C–N with tert-alkyl or cyclic N) is 1. The van der Waals surface area contributed by atoms with E-state index in [-0.39, 0.29) is 24.2 Å². The molecule has 7 heteroatoms. The number of hydrogen-bond acceptors (Lipinski definition) is 3. The van der Waals surface area contributed by atoms with Crippen LogP contribution in [0.25, 0.3) is 0 Å². The molecule has 5 nitrogen and oxygen atoms in total. The van der Waals surface area contributed by atoms with Crippen LogP contribution in [0.15, 0.2) is 18.2 Å². The largest absolute Gasteiger partial charge is 0.387 e. The number of hydrogen-bond donors (Lipinski definition) is 2. The summed E-state index contributed by atoms with van der Waals surface area (Å²) < 4.78 is 26.9. The summed E-state index contributed by atoms with van der Waals surface area (Å²) in [6.07, 6.45) is 0.592. The molecule has 1 atom stereocenters. The van der Waals surface area contributed by atoms with E-state index in [1.807, 2.05) is 9.80 Å². The Hall–Kier alpha value is -1.73. The molecule has 0 bridgehead atoms. The highest BCUT2D eigenvalue weighted by Gasteiger charge is 2.31. The van der Waals surface area contributed by atoms with E-state index in [2.05, 4.69) is 5.32 Å². The van der Waals surface area contributed by atoms with Gasteiger partial charge in [-0.05, 0) is 31.0 Å². The lowest BCUT2D eigenvalue weighted by Gasteiger charge is -2.36. The van der Waals surface area contributed by atoms with Gasteiger partial charge in [-0.3, -0.25) is 0 Å². The standard InChI is InChI=1S/C16H21F2N3O2/c17-11-1-2-14(18)13(9-11)15(22)10-20-6-3-12(4-7-20)21-8-5-19-16(21)23/h1-2,9,12,15,22H,3-8,10H2,(H,19,23). The van der Waals surface area contributed by atoms with Crippen LogP contribution in [-0.4, -0.2) is 59.7 Å². The normalized spacial score (nSPS) is 21.5. The first-order valence-electron chi connectivity index (χ1n) is 7.94. The second-order valence-electron chi connectivity index (χ2n) is 6.14. The van der Waals surface area contributed by atoms with E-state index in [4.69, 9.17) is 0 Å². The summed E-state index contributed by atoms with van der Waals surface area (Å²) >= 11 is 0. The van der Waals surface area contributed by atoms with Crippen molar-refractivity contribution in [1.82, 2.24) is 15.1 Å². The van der Waals surface area contributed by atoms with Crippen LogP contribution < -0.4 is 5.32 Å². The highest BCUT2D eigenvalue weighted by Crippen LogP contribution is 2.23. The number of likely N-dealkylation sites (tertiary alicyclic amines) is 1. The molecule has 2 N–H and O–H groups in total. The first-order chi connectivity index (χ1) is 11.0. The van der Waals surface area contributed by atoms with E-state index in [9.17, 15) is 18.7 Å². The fraction of sp³-hybridized carbons (Fsp3) is 0.562. The molecule has 126 valence electrons. The minimum absolute atomic E-state index is 0.00829. The summed E-state index contributed by atoms with van der Waals surface area (Å²) in [4.78, 5) is 15.6. The van der Waals surface area contributed by atoms with Crippen molar-refractivity contribution in [3.05, 3.63) is 35.4 Å². The number of halogens is 2. The Labute approximate surface area is 133 Å². The quantitative estimate of drug-likeness (QED) is 0.882. The molecule has 3 rings (SSSR count). The second kappa shape index (κ2) is 6.80. The van der Waals surface area contributed by atoms with Gasteiger partial charge in [-0.15, -0.1) is 0 Å². The maximum Gasteiger partial charge on any atom is 0.317 e. The van der Waals surface area contributed by atoms with Crippen molar-refractivity contribution in [2.45, 2.75) is 25.0 Å². The Balaban J connectivity index is 1.54. The number of carbonyl (C=O) groups excluding carboxylic acids is 1. The van der Waals surface area contributed by atoms with Crippen LogP contribution in [0.3, 0.4) is 0 Å². The number of urea groups is 1. The van der Waals surface area contributed by atoms with Crippen molar-refractivity contribution in [2.75, 3.05) is 32.7 Å². The van der Waals surface area contributed by atoms with Gasteiger partial charge in [-0.2, -0.15) is 0 Å². The van der Waals surface area contributed by atoms with Gasteiger partial charge in [0.1, 0.15) is 11.6 Å². The lowest BCUT2D eigenvalue weighted by molar-refractivity contribution is 0.0776. The predicted molar refractivity (Wildman–Crippen MR) is 80.9 cm³/mol. The Kier molecular flexibility index (Phi) is 4.77. The molecule has 2 aliphatic rings. The molecule has 0 saturated carbocycles. The lowest BCUT2D eigenvalue weighted by atomic mass is 10.0. The van der Waals surface area contributed by atoms with Crippen molar-refractivity contribution in [2.24, 2.45) is 0 Å². The number of aliphatic hydroxyl groups is 1. The van der Waals surface area contributed by atoms with Crippen molar-refractivity contribution in [3.8, 4) is 0 Å². The molecule has 0 aromatic heterocycles. The number of amides is 2. The number of carbonyl (C=O) groups is 1. The van der Waals surface area contributed by atoms with Gasteiger partial charge in [-0.25, -0.2) is 13.6 Å². The maximum absolute atomic E-state index is 13.7. The zero-order valence-electron chi connectivity index (χ0n) is 12.8. The van der Waals surface area contributed by atoms with E-state index < -0.39 is 17.7 Å². The van der Waals surface area contributed by atoms with Gasteiger partial charge in [-0.1, -0.05) is 0 Å². The van der Waals surface area contributed by atoms with E-state index in [0.717, 1.165) is 50.7 Å². The summed E-state index contributed by atoms with van der Waals surface area (Å²) in [6, 6.07) is 3.33. The van der Waals surface area contributed by atoms with E-state index in [1.54, 1.807) is 0 Å². The summed E-state index contributed by atoms with van der Waals surface area (Å²) in [5, 5.41) is 13.0. The van der Waals surface area contributed by atoms with E-state index in [0.29, 0.717) is 6.54 Å². The van der Waals surface area contributed by atoms with Gasteiger partial charge < -0.3 is 20.2 Å². The average molecular weight is 325 g/mol. The zero-order valence-corrected chi connectivity index (χ0v) is 12.8. The first-order valence-corrected chi connectivity index (χ1v) is 7.94. The number of nitrogens with one attached hydrogen (secondary N) is 1. The summed E-state index contributed by atoms with van der Waals surface area (Å²) in [6.45, 7) is 3.14. The molecule has 2 aliphatic heterocycles. The SMILES string of the molecule is O=C1NCCN1C1CCN(CC(O)c2cc(F)ccc2F)CC1. The molecular formula is C16H21F2N3O2. The highest BCUT2D eigenvalue weighted by molar-refractivity contribution is 5.76. The smallest absolute Gasteiger partial charge is 0.317 e. The van der Waals surface area contributed by atoms with Crippen LogP contribution >= 0.6 is 0 Å². The predicted octanol–water partition coefficient (Wildman–Crippen LogP) is 1.49. The fourth-order valence-electron chi connectivity index (χ4n) is 3.36. The average Bonchev–Trinajstić information content (AvgIpc) is 2.96. The molecule has 1 aromatic carbocycles. The number of benzene rings is 1. The molecular weight excluding hydrogens is 304 g/mol. The molecule has 0 aliphatic carbocycles. The third-order valence-electron chi connectivity index (χ3n) is 4.64. The van der Waals surface area contributed by atoms with Gasteiger partial charge in [0.05, 0.1) is 6.10 Å². The van der Waals surface area contributed by atoms with Crippen molar-refractivity contribution >= 4 is 6.03 Å². The number of rotatable bonds is 4. The Bertz CT molecular complexity index is 576. The van der Waals surface area contributed by atoms with Crippen LogP contribution in [0.4, 0.5) is 13.6 Å². The number of piperidine rings is 1. The summed E-state index contributed by atoms with van der Waals surface area (Å²) in [5.41, 5.74) is -0.00829. The first kappa shape index (κ1) is 16.1. The minimum atomic E-state index is -1.06.